The van der Waals surface area contributed by atoms with Crippen LogP contribution in [0.25, 0.3) is 21.8 Å². The minimum absolute atomic E-state index is 0.00252. The highest BCUT2D eigenvalue weighted by Crippen LogP contribution is 2.66. The lowest BCUT2D eigenvalue weighted by Crippen LogP contribution is -2.56. The zero-order valence-electron chi connectivity index (χ0n) is 52.5. The van der Waals surface area contributed by atoms with Gasteiger partial charge in [-0.25, -0.2) is 28.0 Å². The number of methoxy groups -OCH3 is 2. The van der Waals surface area contributed by atoms with Gasteiger partial charge in [0.15, 0.2) is 47.1 Å². The van der Waals surface area contributed by atoms with Gasteiger partial charge in [0.05, 0.1) is 48.7 Å². The summed E-state index contributed by atoms with van der Waals surface area (Å²) in [4.78, 5) is 116. The molecule has 10 atom stereocenters. The molecule has 6 aliphatic carbocycles. The van der Waals surface area contributed by atoms with Gasteiger partial charge in [-0.05, 0) is 138 Å². The molecule has 22 nitrogen and oxygen atoms in total. The molecule has 488 valence electrons. The number of hydrogen-bond donors (Lipinski definition) is 1. The summed E-state index contributed by atoms with van der Waals surface area (Å²) < 4.78 is 75.8. The van der Waals surface area contributed by atoms with Gasteiger partial charge in [0.25, 0.3) is 0 Å². The molecule has 3 aliphatic heterocycles. The summed E-state index contributed by atoms with van der Waals surface area (Å²) in [5.74, 6) is -3.82. The number of aromatic nitrogens is 2. The molecule has 3 saturated heterocycles. The number of benzene rings is 2. The van der Waals surface area contributed by atoms with Gasteiger partial charge in [-0.3, -0.25) is 24.1 Å². The normalized spacial score (nSPS) is 28.6. The van der Waals surface area contributed by atoms with E-state index in [2.05, 4.69) is 18.7 Å². The number of amides is 1. The summed E-state index contributed by atoms with van der Waals surface area (Å²) in [6.45, 7) is 8.34. The first-order valence-electron chi connectivity index (χ1n) is 32.3. The number of esters is 2. The van der Waals surface area contributed by atoms with Crippen LogP contribution in [0.5, 0.6) is 11.5 Å². The Bertz CT molecular complexity index is 4180. The molecule has 14 rings (SSSR count). The third-order valence-electron chi connectivity index (χ3n) is 22.3. The van der Waals surface area contributed by atoms with Crippen LogP contribution < -0.4 is 36.0 Å². The van der Waals surface area contributed by atoms with Gasteiger partial charge in [0.2, 0.25) is 17.7 Å². The number of carbonyl (C=O) groups excluding carboxylic acids is 5. The van der Waals surface area contributed by atoms with Crippen molar-refractivity contribution < 1.29 is 70.4 Å². The van der Waals surface area contributed by atoms with E-state index in [-0.39, 0.29) is 123 Å². The summed E-state index contributed by atoms with van der Waals surface area (Å²) in [6.07, 6.45) is 14.4. The second-order valence-electron chi connectivity index (χ2n) is 27.5. The Morgan fingerprint density at radius 1 is 0.750 bits per heavy atom. The summed E-state index contributed by atoms with van der Waals surface area (Å²) in [5.41, 5.74) is -1.47. The van der Waals surface area contributed by atoms with Gasteiger partial charge in [-0.2, -0.15) is 0 Å². The van der Waals surface area contributed by atoms with Crippen molar-refractivity contribution in [3.8, 4) is 11.5 Å². The van der Waals surface area contributed by atoms with Crippen molar-refractivity contribution in [1.29, 1.82) is 0 Å². The zero-order chi connectivity index (χ0) is 64.6. The van der Waals surface area contributed by atoms with Gasteiger partial charge >= 0.3 is 23.9 Å². The number of aliphatic hydroxyl groups excluding tert-OH is 1. The van der Waals surface area contributed by atoms with Crippen molar-refractivity contribution in [1.82, 2.24) is 18.9 Å². The predicted octanol–water partition coefficient (Wildman–Crippen LogP) is 8.32. The number of Topliss-reactive ketones (excluding diaryl/α,β-unsaturated/α-hetero) is 1. The molecule has 1 N–H and O–H groups in total. The number of pyridine rings is 2. The summed E-state index contributed by atoms with van der Waals surface area (Å²) in [6, 6.07) is 1.31. The quantitative estimate of drug-likeness (QED) is 0.0764. The molecule has 0 bridgehead atoms. The zero-order valence-corrected chi connectivity index (χ0v) is 52.5. The van der Waals surface area contributed by atoms with Crippen molar-refractivity contribution in [2.75, 3.05) is 76.7 Å². The van der Waals surface area contributed by atoms with Crippen molar-refractivity contribution in [3.05, 3.63) is 114 Å². The van der Waals surface area contributed by atoms with E-state index >= 15 is 8.78 Å². The van der Waals surface area contributed by atoms with E-state index in [1.165, 1.54) is 31.5 Å². The lowest BCUT2D eigenvalue weighted by Gasteiger charge is -2.58. The number of halogens is 2. The predicted molar refractivity (Wildman–Crippen MR) is 329 cm³/mol. The number of piperidine rings is 1. The van der Waals surface area contributed by atoms with E-state index in [9.17, 15) is 43.5 Å². The van der Waals surface area contributed by atoms with E-state index in [0.29, 0.717) is 62.4 Å². The first-order valence-corrected chi connectivity index (χ1v) is 32.3. The summed E-state index contributed by atoms with van der Waals surface area (Å²) in [7, 11) is 2.78. The first-order chi connectivity index (χ1) is 44.1. The first kappa shape index (κ1) is 61.4. The molecule has 0 radical (unpaired) electrons. The van der Waals surface area contributed by atoms with Gasteiger partial charge < -0.3 is 61.5 Å². The number of aliphatic hydroxyl groups is 1. The van der Waals surface area contributed by atoms with E-state index in [0.717, 1.165) is 69.2 Å². The number of rotatable bonds is 15. The molecular formula is C68H76F2N6O16. The Balaban J connectivity index is 0.628. The van der Waals surface area contributed by atoms with Crippen LogP contribution in [-0.4, -0.2) is 139 Å². The van der Waals surface area contributed by atoms with Crippen LogP contribution >= 0.6 is 0 Å². The number of allylic oxidation sites excluding steroid dienone is 4. The van der Waals surface area contributed by atoms with Crippen molar-refractivity contribution >= 4 is 62.8 Å². The lowest BCUT2D eigenvalue weighted by molar-refractivity contribution is -0.141. The molecule has 5 unspecified atom stereocenters. The third kappa shape index (κ3) is 10.2. The molecule has 92 heavy (non-hydrogen) atoms. The lowest BCUT2D eigenvalue weighted by atomic mass is 9.46. The average molecular weight is 1270 g/mol. The number of nitrogens with zero attached hydrogens (tertiary/aromatic N) is 6. The monoisotopic (exact) mass is 1270 g/mol. The van der Waals surface area contributed by atoms with Crippen LogP contribution in [0.4, 0.5) is 25.0 Å². The highest BCUT2D eigenvalue weighted by atomic mass is 19.1. The standard InChI is InChI=1S/C68H76F2N6O16/c1-34-26-72(20-21-74(34)65(84)90-33-89-64(83)45-29-76(39-12-13-39)56-43(60(45)81)24-49(70)58(62(56)87-6)73-27-36-8-7-19-71(50(36)30-73)31-53-35(2)91-66(85)92-53)57-48(69)23-42-55(61(57)86-5)75(38-10-11-38)28-44(59(42)80)63(82)88-32-52(79)47-16-15-46-41-14-9-37-22-40(77)17-18-67(37,3)54(41)51(78)25-68(46,47)4/h17-18,22-24,28-29,34,36,38-39,41,46-47,50-51,54,78H,7-16,19-21,25-27,30-33H2,1-6H3/t34?,36?,41-,46?,47+,50?,51-,54?,67-,68-/m0/s1. The molecule has 6 heterocycles. The maximum Gasteiger partial charge on any atom is 0.519 e. The molecule has 3 aromatic heterocycles. The minimum atomic E-state index is -1.09. The molecule has 9 aliphatic rings. The second-order valence-corrected chi connectivity index (χ2v) is 27.5. The van der Waals surface area contributed by atoms with E-state index in [4.69, 9.17) is 32.5 Å². The number of likely N-dealkylation sites (tertiary alicyclic amines) is 1. The number of fused-ring (bicyclic) bond motifs is 8. The molecule has 8 fully saturated rings. The number of hydrogen-bond acceptors (Lipinski definition) is 19. The molecule has 1 amide bonds. The van der Waals surface area contributed by atoms with Crippen LogP contribution in [0.15, 0.2) is 71.5 Å². The smallest absolute Gasteiger partial charge is 0.492 e. The highest BCUT2D eigenvalue weighted by Gasteiger charge is 2.63. The molecular weight excluding hydrogens is 1190 g/mol. The third-order valence-corrected chi connectivity index (χ3v) is 22.3. The van der Waals surface area contributed by atoms with Crippen LogP contribution in [-0.2, 0) is 30.3 Å². The Kier molecular flexibility index (Phi) is 15.5. The van der Waals surface area contributed by atoms with Gasteiger partial charge in [0, 0.05) is 86.5 Å². The van der Waals surface area contributed by atoms with E-state index < -0.39 is 88.6 Å². The average Bonchev–Trinajstić information content (AvgIpc) is 1.33. The van der Waals surface area contributed by atoms with Crippen molar-refractivity contribution in [2.45, 2.75) is 135 Å². The molecule has 5 saturated carbocycles. The second kappa shape index (κ2) is 23.2. The van der Waals surface area contributed by atoms with Crippen molar-refractivity contribution in [3.63, 3.8) is 0 Å². The van der Waals surface area contributed by atoms with Gasteiger partial charge in [-0.1, -0.05) is 25.5 Å². The largest absolute Gasteiger partial charge is 0.519 e. The van der Waals surface area contributed by atoms with Crippen LogP contribution in [0.2, 0.25) is 0 Å². The van der Waals surface area contributed by atoms with Crippen LogP contribution in [0.1, 0.15) is 136 Å². The van der Waals surface area contributed by atoms with E-state index in [1.54, 1.807) is 40.0 Å². The number of ketones is 2. The Hall–Kier alpha value is -8.12. The van der Waals surface area contributed by atoms with E-state index in [1.807, 2.05) is 11.0 Å². The maximum absolute atomic E-state index is 16.8. The number of ether oxygens (including phenoxy) is 5. The van der Waals surface area contributed by atoms with Crippen molar-refractivity contribution in [2.24, 2.45) is 40.4 Å². The summed E-state index contributed by atoms with van der Waals surface area (Å²) in [5, 5.41) is 11.6. The molecule has 24 heteroatoms. The number of carbonyl (C=O) groups is 5. The number of piperazine rings is 1. The van der Waals surface area contributed by atoms with Gasteiger partial charge in [-0.15, -0.1) is 0 Å². The highest BCUT2D eigenvalue weighted by molar-refractivity contribution is 6.02. The molecule has 2 aromatic carbocycles. The Morgan fingerprint density at radius 2 is 1.39 bits per heavy atom. The number of aryl methyl sites for hydroxylation is 1. The van der Waals surface area contributed by atoms with Crippen LogP contribution in [0.3, 0.4) is 0 Å². The fourth-order valence-corrected chi connectivity index (χ4v) is 17.7. The molecule has 0 spiro atoms. The van der Waals surface area contributed by atoms with Gasteiger partial charge in [0.1, 0.15) is 28.3 Å². The summed E-state index contributed by atoms with van der Waals surface area (Å²) >= 11 is 0. The SMILES string of the molecule is COc1c(N2CC3CCCN(Cc4oc(=O)oc4C)C3C2)c(F)cc2c(=O)c(C(=O)OCOC(=O)N3CCN(c4c(F)cc5c(=O)c(C(=O)OCC(=O)[C@H]6CCC7[C@@H]8CCC9=CC(=O)C=C[C@]9(C)C8[C@@H](O)C[C@@]76C)cn(C6CC6)c5c4OC)CC3C)cn(C3CC3)c12. The topological polar surface area (TPSA) is 252 Å². The Morgan fingerprint density at radius 3 is 2.00 bits per heavy atom. The molecule has 5 aromatic rings. The Labute approximate surface area is 527 Å². The number of anilines is 2. The fourth-order valence-electron chi connectivity index (χ4n) is 17.7. The fraction of sp³-hybridized carbons (Fsp3) is 0.559. The minimum Gasteiger partial charge on any atom is -0.492 e. The van der Waals surface area contributed by atoms with Crippen LogP contribution in [0, 0.1) is 59.0 Å². The maximum atomic E-state index is 16.8.